The summed E-state index contributed by atoms with van der Waals surface area (Å²) in [5, 5.41) is 0. The number of benzene rings is 2. The minimum Gasteiger partial charge on any atom is -0.467 e. The molecule has 3 aliphatic heterocycles. The molecule has 0 bridgehead atoms. The van der Waals surface area contributed by atoms with Gasteiger partial charge in [-0.15, -0.1) is 0 Å². The van der Waals surface area contributed by atoms with Crippen LogP contribution in [0.25, 0.3) is 0 Å². The van der Waals surface area contributed by atoms with Crippen LogP contribution in [0, 0.1) is 11.8 Å². The first-order valence-electron chi connectivity index (χ1n) is 12.0. The van der Waals surface area contributed by atoms with E-state index in [1.807, 2.05) is 84.4 Å². The van der Waals surface area contributed by atoms with Crippen molar-refractivity contribution >= 4 is 23.7 Å². The smallest absolute Gasteiger partial charge is 0.332 e. The highest BCUT2D eigenvalue weighted by molar-refractivity contribution is 6.11. The second-order valence-electron chi connectivity index (χ2n) is 9.44. The maximum absolute atomic E-state index is 13.8. The van der Waals surface area contributed by atoms with Gasteiger partial charge in [0.1, 0.15) is 0 Å². The average Bonchev–Trinajstić information content (AvgIpc) is 3.45. The fraction of sp³-hybridized carbons (Fsp3) is 0.407. The van der Waals surface area contributed by atoms with Gasteiger partial charge in [-0.1, -0.05) is 67.6 Å². The molecule has 0 aliphatic carbocycles. The Morgan fingerprint density at radius 3 is 2.26 bits per heavy atom. The van der Waals surface area contributed by atoms with Crippen molar-refractivity contribution in [2.45, 2.75) is 38.0 Å². The van der Waals surface area contributed by atoms with Crippen LogP contribution in [-0.4, -0.2) is 70.7 Å². The number of ether oxygens (including phenoxy) is 1. The van der Waals surface area contributed by atoms with Gasteiger partial charge in [0.2, 0.25) is 11.8 Å². The molecule has 3 saturated heterocycles. The molecule has 8 heteroatoms. The first-order chi connectivity index (χ1) is 16.9. The third-order valence-electron chi connectivity index (χ3n) is 7.66. The summed E-state index contributed by atoms with van der Waals surface area (Å²) in [7, 11) is 3.25. The molecule has 0 aromatic heterocycles. The van der Waals surface area contributed by atoms with E-state index in [1.54, 1.807) is 0 Å². The van der Waals surface area contributed by atoms with Crippen molar-refractivity contribution in [2.75, 3.05) is 20.7 Å². The number of nitrogens with zero attached hydrogens (tertiary/aromatic N) is 4. The molecule has 2 aromatic carbocycles. The molecule has 0 saturated carbocycles. The summed E-state index contributed by atoms with van der Waals surface area (Å²) < 4.78 is 5.29. The van der Waals surface area contributed by atoms with Crippen LogP contribution < -0.4 is 0 Å². The number of guanidine groups is 1. The van der Waals surface area contributed by atoms with Crippen LogP contribution in [0.4, 0.5) is 0 Å². The van der Waals surface area contributed by atoms with Crippen LogP contribution in [0.3, 0.4) is 0 Å². The molecule has 8 nitrogen and oxygen atoms in total. The first-order valence-corrected chi connectivity index (χ1v) is 12.0. The van der Waals surface area contributed by atoms with Crippen molar-refractivity contribution in [3.05, 3.63) is 71.8 Å². The predicted molar refractivity (Wildman–Crippen MR) is 130 cm³/mol. The second kappa shape index (κ2) is 8.83. The Labute approximate surface area is 205 Å². The molecule has 0 N–H and O–H groups in total. The minimum atomic E-state index is -1.29. The van der Waals surface area contributed by atoms with Crippen LogP contribution in [0.2, 0.25) is 0 Å². The van der Waals surface area contributed by atoms with Crippen LogP contribution in [-0.2, 0) is 32.2 Å². The summed E-state index contributed by atoms with van der Waals surface area (Å²) >= 11 is 0. The Balaban J connectivity index is 1.56. The average molecular weight is 475 g/mol. The van der Waals surface area contributed by atoms with Gasteiger partial charge in [-0.05, 0) is 17.5 Å². The number of likely N-dealkylation sites (tertiary alicyclic amines) is 1. The molecule has 2 aromatic rings. The SMILES string of the molecule is CC[C@]1(C(=O)OC)[C@H]2C(=O)N(Cc3ccccc3)C(=O)[C@H]2[C@H]2CN(C)C(=NCc3ccccc3)N21. The zero-order valence-electron chi connectivity index (χ0n) is 20.3. The van der Waals surface area contributed by atoms with Crippen LogP contribution >= 0.6 is 0 Å². The van der Waals surface area contributed by atoms with Gasteiger partial charge in [-0.3, -0.25) is 14.5 Å². The monoisotopic (exact) mass is 474 g/mol. The van der Waals surface area contributed by atoms with E-state index in [2.05, 4.69) is 0 Å². The van der Waals surface area contributed by atoms with Gasteiger partial charge in [0.25, 0.3) is 0 Å². The van der Waals surface area contributed by atoms with Crippen LogP contribution in [0.15, 0.2) is 65.7 Å². The lowest BCUT2D eigenvalue weighted by Crippen LogP contribution is -2.60. The molecule has 0 spiro atoms. The topological polar surface area (TPSA) is 82.5 Å². The number of rotatable bonds is 6. The van der Waals surface area contributed by atoms with Gasteiger partial charge < -0.3 is 14.5 Å². The highest BCUT2D eigenvalue weighted by Gasteiger charge is 2.74. The van der Waals surface area contributed by atoms with Crippen LogP contribution in [0.1, 0.15) is 24.5 Å². The number of likely N-dealkylation sites (N-methyl/N-ethyl adjacent to an activating group) is 1. The number of hydrogen-bond donors (Lipinski definition) is 0. The molecule has 182 valence electrons. The van der Waals surface area contributed by atoms with E-state index in [0.29, 0.717) is 25.5 Å². The van der Waals surface area contributed by atoms with E-state index in [-0.39, 0.29) is 24.4 Å². The fourth-order valence-electron chi connectivity index (χ4n) is 6.12. The van der Waals surface area contributed by atoms with Crippen molar-refractivity contribution < 1.29 is 19.1 Å². The molecule has 2 amide bonds. The predicted octanol–water partition coefficient (Wildman–Crippen LogP) is 2.30. The third kappa shape index (κ3) is 3.42. The highest BCUT2D eigenvalue weighted by Crippen LogP contribution is 2.53. The number of esters is 1. The van der Waals surface area contributed by atoms with Crippen molar-refractivity contribution in [1.82, 2.24) is 14.7 Å². The summed E-state index contributed by atoms with van der Waals surface area (Å²) in [5.74, 6) is -1.85. The lowest BCUT2D eigenvalue weighted by Gasteiger charge is -2.39. The molecule has 5 rings (SSSR count). The number of carbonyl (C=O) groups excluding carboxylic acids is 3. The zero-order valence-corrected chi connectivity index (χ0v) is 20.3. The highest BCUT2D eigenvalue weighted by atomic mass is 16.5. The van der Waals surface area contributed by atoms with E-state index in [0.717, 1.165) is 11.1 Å². The van der Waals surface area contributed by atoms with E-state index in [4.69, 9.17) is 9.73 Å². The third-order valence-corrected chi connectivity index (χ3v) is 7.66. The number of carbonyl (C=O) groups is 3. The number of fused-ring (bicyclic) bond motifs is 3. The maximum Gasteiger partial charge on any atom is 0.332 e. The van der Waals surface area contributed by atoms with E-state index < -0.39 is 23.3 Å². The summed E-state index contributed by atoms with van der Waals surface area (Å²) in [6.45, 7) is 3.01. The van der Waals surface area contributed by atoms with Crippen LogP contribution in [0.5, 0.6) is 0 Å². The molecular formula is C27H30N4O4. The van der Waals surface area contributed by atoms with Gasteiger partial charge >= 0.3 is 5.97 Å². The number of aliphatic imine (C=N–C) groups is 1. The van der Waals surface area contributed by atoms with E-state index in [1.165, 1.54) is 12.0 Å². The first kappa shape index (κ1) is 23.1. The lowest BCUT2D eigenvalue weighted by atomic mass is 9.78. The fourth-order valence-corrected chi connectivity index (χ4v) is 6.12. The summed E-state index contributed by atoms with van der Waals surface area (Å²) in [6, 6.07) is 19.0. The Morgan fingerprint density at radius 2 is 1.66 bits per heavy atom. The molecule has 3 heterocycles. The van der Waals surface area contributed by atoms with Gasteiger partial charge in [-0.25, -0.2) is 9.79 Å². The van der Waals surface area contributed by atoms with E-state index in [9.17, 15) is 14.4 Å². The Morgan fingerprint density at radius 1 is 1.03 bits per heavy atom. The largest absolute Gasteiger partial charge is 0.467 e. The summed E-state index contributed by atoms with van der Waals surface area (Å²) in [5.41, 5.74) is 0.625. The Bertz CT molecular complexity index is 1170. The summed E-state index contributed by atoms with van der Waals surface area (Å²) in [6.07, 6.45) is 0.327. The number of amides is 2. The van der Waals surface area contributed by atoms with Crippen molar-refractivity contribution in [1.29, 1.82) is 0 Å². The zero-order chi connectivity index (χ0) is 24.7. The van der Waals surface area contributed by atoms with E-state index >= 15 is 0 Å². The summed E-state index contributed by atoms with van der Waals surface area (Å²) in [4.78, 5) is 51.1. The van der Waals surface area contributed by atoms with Crippen molar-refractivity contribution in [2.24, 2.45) is 16.8 Å². The maximum atomic E-state index is 13.8. The molecular weight excluding hydrogens is 444 g/mol. The molecule has 4 atom stereocenters. The second-order valence-corrected chi connectivity index (χ2v) is 9.44. The Hall–Kier alpha value is -3.68. The molecule has 35 heavy (non-hydrogen) atoms. The van der Waals surface area contributed by atoms with Gasteiger partial charge in [0, 0.05) is 13.6 Å². The lowest BCUT2D eigenvalue weighted by molar-refractivity contribution is -0.158. The number of imide groups is 1. The quantitative estimate of drug-likeness (QED) is 0.472. The standard InChI is InChI=1S/C27H30N4O4/c1-4-27(25(34)35-3)22-21(23(32)30(24(22)33)16-19-13-9-6-10-14-19)20-17-29(2)26(31(20)27)28-15-18-11-7-5-8-12-18/h5-14,20-22H,4,15-17H2,1-3H3/t20-,21+,22-,27-/m1/s1. The Kier molecular flexibility index (Phi) is 5.83. The van der Waals surface area contributed by atoms with Crippen molar-refractivity contribution in [3.63, 3.8) is 0 Å². The molecule has 3 aliphatic rings. The normalized spacial score (nSPS) is 28.6. The van der Waals surface area contributed by atoms with Gasteiger partial charge in [-0.2, -0.15) is 0 Å². The number of hydrogen-bond acceptors (Lipinski definition) is 5. The molecule has 0 unspecified atom stereocenters. The molecule has 0 radical (unpaired) electrons. The van der Waals surface area contributed by atoms with Crippen molar-refractivity contribution in [3.8, 4) is 0 Å². The molecule has 3 fully saturated rings. The minimum absolute atomic E-state index is 0.198. The van der Waals surface area contributed by atoms with Gasteiger partial charge in [0.05, 0.1) is 38.1 Å². The van der Waals surface area contributed by atoms with Gasteiger partial charge in [0.15, 0.2) is 11.5 Å². The number of methoxy groups -OCH3 is 1.